The fourth-order valence-electron chi connectivity index (χ4n) is 4.59. The predicted molar refractivity (Wildman–Crippen MR) is 96.7 cm³/mol. The SMILES string of the molecule is O=C(CN1C[C@@H]2CCCC[C@@]21c1ccccc1)Nc1ccccc1. The molecule has 2 aromatic rings. The minimum Gasteiger partial charge on any atom is -0.325 e. The zero-order valence-electron chi connectivity index (χ0n) is 13.9. The Balaban J connectivity index is 1.51. The summed E-state index contributed by atoms with van der Waals surface area (Å²) in [5.74, 6) is 0.777. The van der Waals surface area contributed by atoms with Gasteiger partial charge in [0.05, 0.1) is 12.1 Å². The summed E-state index contributed by atoms with van der Waals surface area (Å²) in [6, 6.07) is 20.5. The number of likely N-dealkylation sites (tertiary alicyclic amines) is 1. The molecule has 0 spiro atoms. The van der Waals surface area contributed by atoms with E-state index in [-0.39, 0.29) is 11.4 Å². The fourth-order valence-corrected chi connectivity index (χ4v) is 4.59. The molecule has 1 aliphatic carbocycles. The monoisotopic (exact) mass is 320 g/mol. The molecular formula is C21H24N2O. The number of para-hydroxylation sites is 1. The smallest absolute Gasteiger partial charge is 0.238 e. The third-order valence-electron chi connectivity index (χ3n) is 5.71. The van der Waals surface area contributed by atoms with Crippen LogP contribution in [0.25, 0.3) is 0 Å². The number of amides is 1. The summed E-state index contributed by atoms with van der Waals surface area (Å²) in [5, 5.41) is 3.02. The van der Waals surface area contributed by atoms with Crippen molar-refractivity contribution in [3.8, 4) is 0 Å². The third-order valence-corrected chi connectivity index (χ3v) is 5.71. The van der Waals surface area contributed by atoms with E-state index in [1.54, 1.807) is 0 Å². The molecule has 0 radical (unpaired) electrons. The third kappa shape index (κ3) is 2.63. The van der Waals surface area contributed by atoms with Crippen molar-refractivity contribution in [2.75, 3.05) is 18.4 Å². The summed E-state index contributed by atoms with van der Waals surface area (Å²) in [6.45, 7) is 1.51. The van der Waals surface area contributed by atoms with Crippen LogP contribution in [0.4, 0.5) is 5.69 Å². The second-order valence-corrected chi connectivity index (χ2v) is 7.03. The molecule has 2 aromatic carbocycles. The maximum Gasteiger partial charge on any atom is 0.238 e. The fraction of sp³-hybridized carbons (Fsp3) is 0.381. The van der Waals surface area contributed by atoms with Crippen LogP contribution in [0.2, 0.25) is 0 Å². The number of rotatable bonds is 4. The normalized spacial score (nSPS) is 26.2. The highest BCUT2D eigenvalue weighted by atomic mass is 16.2. The first kappa shape index (κ1) is 15.4. The molecule has 1 heterocycles. The molecule has 2 atom stereocenters. The number of nitrogens with zero attached hydrogens (tertiary/aromatic N) is 1. The van der Waals surface area contributed by atoms with Crippen molar-refractivity contribution >= 4 is 11.6 Å². The highest BCUT2D eigenvalue weighted by Gasteiger charge is 2.55. The van der Waals surface area contributed by atoms with Gasteiger partial charge in [-0.1, -0.05) is 61.4 Å². The Morgan fingerprint density at radius 2 is 1.75 bits per heavy atom. The Morgan fingerprint density at radius 1 is 1.04 bits per heavy atom. The number of hydrogen-bond acceptors (Lipinski definition) is 2. The number of nitrogens with one attached hydrogen (secondary N) is 1. The molecule has 0 unspecified atom stereocenters. The van der Waals surface area contributed by atoms with Gasteiger partial charge in [0.2, 0.25) is 5.91 Å². The zero-order valence-corrected chi connectivity index (χ0v) is 13.9. The first-order valence-electron chi connectivity index (χ1n) is 8.94. The van der Waals surface area contributed by atoms with Crippen molar-refractivity contribution < 1.29 is 4.79 Å². The molecule has 0 bridgehead atoms. The quantitative estimate of drug-likeness (QED) is 0.922. The molecular weight excluding hydrogens is 296 g/mol. The molecule has 124 valence electrons. The molecule has 4 rings (SSSR count). The zero-order chi connectivity index (χ0) is 16.4. The van der Waals surface area contributed by atoms with Crippen LogP contribution < -0.4 is 5.32 Å². The van der Waals surface area contributed by atoms with Crippen LogP contribution in [0.5, 0.6) is 0 Å². The van der Waals surface area contributed by atoms with E-state index < -0.39 is 0 Å². The molecule has 1 amide bonds. The summed E-state index contributed by atoms with van der Waals surface area (Å²) < 4.78 is 0. The molecule has 1 N–H and O–H groups in total. The van der Waals surface area contributed by atoms with Crippen LogP contribution in [0.15, 0.2) is 60.7 Å². The van der Waals surface area contributed by atoms with E-state index >= 15 is 0 Å². The summed E-state index contributed by atoms with van der Waals surface area (Å²) in [4.78, 5) is 14.9. The van der Waals surface area contributed by atoms with Crippen LogP contribution in [-0.4, -0.2) is 23.9 Å². The maximum atomic E-state index is 12.5. The standard InChI is InChI=1S/C21H24N2O/c24-20(22-19-12-5-2-6-13-19)16-23-15-18-11-7-8-14-21(18,23)17-9-3-1-4-10-17/h1-6,9-10,12-13,18H,7-8,11,14-16H2,(H,22,24)/t18-,21+/m0/s1. The van der Waals surface area contributed by atoms with Crippen molar-refractivity contribution in [2.45, 2.75) is 31.2 Å². The van der Waals surface area contributed by atoms with E-state index in [1.807, 2.05) is 30.3 Å². The lowest BCUT2D eigenvalue weighted by atomic mass is 9.62. The topological polar surface area (TPSA) is 32.3 Å². The molecule has 0 aromatic heterocycles. The molecule has 1 aliphatic heterocycles. The molecule has 2 fully saturated rings. The van der Waals surface area contributed by atoms with Crippen LogP contribution in [-0.2, 0) is 10.3 Å². The average Bonchev–Trinajstić information content (AvgIpc) is 2.61. The van der Waals surface area contributed by atoms with E-state index in [1.165, 1.54) is 31.2 Å². The number of hydrogen-bond donors (Lipinski definition) is 1. The number of benzene rings is 2. The number of carbonyl (C=O) groups excluding carboxylic acids is 1. The largest absolute Gasteiger partial charge is 0.325 e. The Bertz CT molecular complexity index is 700. The van der Waals surface area contributed by atoms with E-state index in [9.17, 15) is 4.79 Å². The van der Waals surface area contributed by atoms with Gasteiger partial charge < -0.3 is 5.32 Å². The van der Waals surface area contributed by atoms with Crippen molar-refractivity contribution in [3.05, 3.63) is 66.2 Å². The number of anilines is 1. The van der Waals surface area contributed by atoms with E-state index in [4.69, 9.17) is 0 Å². The summed E-state index contributed by atoms with van der Waals surface area (Å²) in [7, 11) is 0. The molecule has 24 heavy (non-hydrogen) atoms. The van der Waals surface area contributed by atoms with Crippen LogP contribution in [0.1, 0.15) is 31.2 Å². The van der Waals surface area contributed by atoms with Crippen LogP contribution in [0, 0.1) is 5.92 Å². The summed E-state index contributed by atoms with van der Waals surface area (Å²) >= 11 is 0. The van der Waals surface area contributed by atoms with Gasteiger partial charge in [0.1, 0.15) is 0 Å². The number of carbonyl (C=O) groups is 1. The van der Waals surface area contributed by atoms with Gasteiger partial charge in [0, 0.05) is 12.2 Å². The van der Waals surface area contributed by atoms with Gasteiger partial charge in [0.25, 0.3) is 0 Å². The summed E-state index contributed by atoms with van der Waals surface area (Å²) in [6.07, 6.45) is 5.03. The molecule has 3 nitrogen and oxygen atoms in total. The van der Waals surface area contributed by atoms with Gasteiger partial charge in [-0.3, -0.25) is 9.69 Å². The average molecular weight is 320 g/mol. The van der Waals surface area contributed by atoms with E-state index in [2.05, 4.69) is 40.5 Å². The molecule has 1 saturated carbocycles. The van der Waals surface area contributed by atoms with Gasteiger partial charge >= 0.3 is 0 Å². The van der Waals surface area contributed by atoms with E-state index in [0.717, 1.165) is 12.2 Å². The Labute approximate surface area is 143 Å². The van der Waals surface area contributed by atoms with Gasteiger partial charge in [-0.15, -0.1) is 0 Å². The lowest BCUT2D eigenvalue weighted by molar-refractivity contribution is -0.138. The maximum absolute atomic E-state index is 12.5. The van der Waals surface area contributed by atoms with Gasteiger partial charge in [-0.05, 0) is 36.5 Å². The Hall–Kier alpha value is -2.13. The minimum absolute atomic E-state index is 0.0769. The van der Waals surface area contributed by atoms with Gasteiger partial charge in [-0.2, -0.15) is 0 Å². The first-order chi connectivity index (χ1) is 11.8. The first-order valence-corrected chi connectivity index (χ1v) is 8.94. The second-order valence-electron chi connectivity index (χ2n) is 7.03. The second kappa shape index (κ2) is 6.40. The lowest BCUT2D eigenvalue weighted by Crippen LogP contribution is -2.67. The molecule has 3 heteroatoms. The van der Waals surface area contributed by atoms with Crippen LogP contribution in [0.3, 0.4) is 0 Å². The highest BCUT2D eigenvalue weighted by molar-refractivity contribution is 5.92. The lowest BCUT2D eigenvalue weighted by Gasteiger charge is -2.61. The van der Waals surface area contributed by atoms with E-state index in [0.29, 0.717) is 12.5 Å². The Kier molecular flexibility index (Phi) is 4.11. The van der Waals surface area contributed by atoms with Crippen molar-refractivity contribution in [1.29, 1.82) is 0 Å². The van der Waals surface area contributed by atoms with Crippen molar-refractivity contribution in [3.63, 3.8) is 0 Å². The highest BCUT2D eigenvalue weighted by Crippen LogP contribution is 2.53. The minimum atomic E-state index is 0.0769. The molecule has 1 saturated heterocycles. The van der Waals surface area contributed by atoms with Gasteiger partial charge in [-0.25, -0.2) is 0 Å². The van der Waals surface area contributed by atoms with Crippen LogP contribution >= 0.6 is 0 Å². The summed E-state index contributed by atoms with van der Waals surface area (Å²) in [5.41, 5.74) is 2.33. The number of fused-ring (bicyclic) bond motifs is 1. The predicted octanol–water partition coefficient (Wildman–Crippen LogP) is 4.03. The Morgan fingerprint density at radius 3 is 2.46 bits per heavy atom. The van der Waals surface area contributed by atoms with Crippen molar-refractivity contribution in [2.24, 2.45) is 5.92 Å². The molecule has 2 aliphatic rings. The van der Waals surface area contributed by atoms with Gasteiger partial charge in [0.15, 0.2) is 0 Å². The van der Waals surface area contributed by atoms with Crippen molar-refractivity contribution in [1.82, 2.24) is 4.90 Å².